The van der Waals surface area contributed by atoms with Crippen LogP contribution in [-0.4, -0.2) is 23.7 Å². The molecular formula is C18H16N2O4. The van der Waals surface area contributed by atoms with Crippen LogP contribution in [0, 0.1) is 11.8 Å². The third kappa shape index (κ3) is 5.07. The highest BCUT2D eigenvalue weighted by atomic mass is 16.5. The molecule has 0 aliphatic rings. The van der Waals surface area contributed by atoms with E-state index in [9.17, 15) is 9.59 Å². The van der Waals surface area contributed by atoms with E-state index in [4.69, 9.17) is 15.6 Å². The zero-order valence-corrected chi connectivity index (χ0v) is 12.8. The molecule has 6 heteroatoms. The number of ether oxygens (including phenoxy) is 1. The van der Waals surface area contributed by atoms with Gasteiger partial charge in [-0.1, -0.05) is 42.2 Å². The molecule has 0 aliphatic heterocycles. The monoisotopic (exact) mass is 324 g/mol. The van der Waals surface area contributed by atoms with Gasteiger partial charge in [-0.15, -0.1) is 0 Å². The number of carbonyl (C=O) groups excluding carboxylic acids is 1. The lowest BCUT2D eigenvalue weighted by molar-refractivity contribution is 0.0697. The molecule has 1 amide bonds. The first-order chi connectivity index (χ1) is 11.6. The zero-order chi connectivity index (χ0) is 17.4. The quantitative estimate of drug-likeness (QED) is 0.591. The van der Waals surface area contributed by atoms with Crippen LogP contribution in [0.2, 0.25) is 0 Å². The fourth-order valence-corrected chi connectivity index (χ4v) is 1.84. The summed E-state index contributed by atoms with van der Waals surface area (Å²) in [5.74, 6) is 4.45. The third-order valence-electron chi connectivity index (χ3n) is 3.06. The molecule has 0 aromatic heterocycles. The molecule has 2 aromatic rings. The number of nitrogen functional groups attached to an aromatic ring is 1. The van der Waals surface area contributed by atoms with E-state index in [1.807, 2.05) is 30.3 Å². The minimum atomic E-state index is -1.05. The lowest BCUT2D eigenvalue weighted by Crippen LogP contribution is -2.24. The summed E-state index contributed by atoms with van der Waals surface area (Å²) in [4.78, 5) is 22.3. The zero-order valence-electron chi connectivity index (χ0n) is 12.8. The number of nitrogens with one attached hydrogen (secondary N) is 1. The Kier molecular flexibility index (Phi) is 5.81. The van der Waals surface area contributed by atoms with Crippen LogP contribution in [0.5, 0.6) is 0 Å². The highest BCUT2D eigenvalue weighted by molar-refractivity contribution is 5.89. The first-order valence-corrected chi connectivity index (χ1v) is 7.12. The Hall–Kier alpha value is -3.46. The van der Waals surface area contributed by atoms with Crippen LogP contribution in [0.3, 0.4) is 0 Å². The maximum absolute atomic E-state index is 11.5. The van der Waals surface area contributed by atoms with Gasteiger partial charge in [0.1, 0.15) is 6.61 Å². The van der Waals surface area contributed by atoms with Gasteiger partial charge < -0.3 is 20.9 Å². The van der Waals surface area contributed by atoms with E-state index in [1.165, 1.54) is 18.2 Å². The third-order valence-corrected chi connectivity index (χ3v) is 3.06. The number of carboxylic acids is 1. The van der Waals surface area contributed by atoms with Crippen molar-refractivity contribution in [1.29, 1.82) is 0 Å². The van der Waals surface area contributed by atoms with Crippen LogP contribution in [0.1, 0.15) is 21.5 Å². The molecule has 0 saturated carbocycles. The van der Waals surface area contributed by atoms with Crippen molar-refractivity contribution in [2.75, 3.05) is 12.3 Å². The van der Waals surface area contributed by atoms with Crippen molar-refractivity contribution in [2.45, 2.75) is 6.61 Å². The summed E-state index contributed by atoms with van der Waals surface area (Å²) in [5.41, 5.74) is 7.50. The summed E-state index contributed by atoms with van der Waals surface area (Å²) in [5, 5.41) is 11.4. The summed E-state index contributed by atoms with van der Waals surface area (Å²) in [6.45, 7) is 0.275. The minimum absolute atomic E-state index is 0.0910. The molecular weight excluding hydrogens is 308 g/mol. The number of hydrogen-bond acceptors (Lipinski definition) is 4. The summed E-state index contributed by atoms with van der Waals surface area (Å²) >= 11 is 0. The summed E-state index contributed by atoms with van der Waals surface area (Å²) < 4.78 is 5.04. The number of carboxylic acid groups (broad SMARTS) is 1. The van der Waals surface area contributed by atoms with Gasteiger partial charge in [0.05, 0.1) is 12.1 Å². The van der Waals surface area contributed by atoms with Crippen molar-refractivity contribution in [3.05, 3.63) is 65.2 Å². The molecule has 0 unspecified atom stereocenters. The van der Waals surface area contributed by atoms with Gasteiger partial charge in [0.2, 0.25) is 0 Å². The van der Waals surface area contributed by atoms with E-state index in [0.29, 0.717) is 5.56 Å². The second-order valence-electron chi connectivity index (χ2n) is 4.82. The van der Waals surface area contributed by atoms with Gasteiger partial charge in [-0.3, -0.25) is 0 Å². The lowest BCUT2D eigenvalue weighted by atomic mass is 10.1. The largest absolute Gasteiger partial charge is 0.478 e. The van der Waals surface area contributed by atoms with Crippen LogP contribution in [0.15, 0.2) is 48.5 Å². The molecule has 24 heavy (non-hydrogen) atoms. The van der Waals surface area contributed by atoms with Crippen LogP contribution in [-0.2, 0) is 11.3 Å². The van der Waals surface area contributed by atoms with E-state index in [1.54, 1.807) is 0 Å². The maximum atomic E-state index is 11.5. The van der Waals surface area contributed by atoms with Crippen LogP contribution < -0.4 is 11.1 Å². The average molecular weight is 324 g/mol. The molecule has 0 fully saturated rings. The summed E-state index contributed by atoms with van der Waals surface area (Å²) in [6.07, 6.45) is -0.567. The van der Waals surface area contributed by atoms with Crippen molar-refractivity contribution in [1.82, 2.24) is 5.32 Å². The number of aromatic carboxylic acids is 1. The van der Waals surface area contributed by atoms with Crippen molar-refractivity contribution >= 4 is 17.7 Å². The number of hydrogen-bond donors (Lipinski definition) is 3. The summed E-state index contributed by atoms with van der Waals surface area (Å²) in [6, 6.07) is 13.6. The minimum Gasteiger partial charge on any atom is -0.478 e. The molecule has 4 N–H and O–H groups in total. The molecule has 6 nitrogen and oxygen atoms in total. The smallest absolute Gasteiger partial charge is 0.408 e. The predicted molar refractivity (Wildman–Crippen MR) is 89.3 cm³/mol. The van der Waals surface area contributed by atoms with Gasteiger partial charge in [0.25, 0.3) is 0 Å². The molecule has 2 aromatic carbocycles. The van der Waals surface area contributed by atoms with E-state index < -0.39 is 12.1 Å². The van der Waals surface area contributed by atoms with Crippen molar-refractivity contribution in [3.8, 4) is 11.8 Å². The molecule has 122 valence electrons. The molecule has 0 saturated heterocycles. The number of rotatable bonds is 4. The van der Waals surface area contributed by atoms with Crippen molar-refractivity contribution in [3.63, 3.8) is 0 Å². The number of carbonyl (C=O) groups is 2. The van der Waals surface area contributed by atoms with Crippen LogP contribution >= 0.6 is 0 Å². The van der Waals surface area contributed by atoms with Gasteiger partial charge in [0, 0.05) is 11.3 Å². The molecule has 0 atom stereocenters. The average Bonchev–Trinajstić information content (AvgIpc) is 2.58. The molecule has 0 bridgehead atoms. The molecule has 0 radical (unpaired) electrons. The number of anilines is 1. The van der Waals surface area contributed by atoms with E-state index in [-0.39, 0.29) is 24.4 Å². The maximum Gasteiger partial charge on any atom is 0.408 e. The highest BCUT2D eigenvalue weighted by Crippen LogP contribution is 2.13. The van der Waals surface area contributed by atoms with E-state index in [0.717, 1.165) is 5.56 Å². The predicted octanol–water partition coefficient (Wildman–Crippen LogP) is 2.24. The van der Waals surface area contributed by atoms with Gasteiger partial charge in [-0.05, 0) is 23.8 Å². The van der Waals surface area contributed by atoms with Crippen molar-refractivity contribution in [2.24, 2.45) is 0 Å². The normalized spacial score (nSPS) is 9.50. The Bertz CT molecular complexity index is 792. The molecule has 0 heterocycles. The Morgan fingerprint density at radius 2 is 1.92 bits per heavy atom. The number of benzene rings is 2. The lowest BCUT2D eigenvalue weighted by Gasteiger charge is -2.04. The number of nitrogens with two attached hydrogens (primary N) is 1. The molecule has 2 rings (SSSR count). The topological polar surface area (TPSA) is 102 Å². The van der Waals surface area contributed by atoms with E-state index >= 15 is 0 Å². The van der Waals surface area contributed by atoms with E-state index in [2.05, 4.69) is 17.2 Å². The van der Waals surface area contributed by atoms with Gasteiger partial charge in [-0.2, -0.15) is 0 Å². The highest BCUT2D eigenvalue weighted by Gasteiger charge is 2.04. The second kappa shape index (κ2) is 8.25. The van der Waals surface area contributed by atoms with Crippen LogP contribution in [0.25, 0.3) is 0 Å². The fraction of sp³-hybridized carbons (Fsp3) is 0.111. The standard InChI is InChI=1S/C18H16N2O4/c19-16-11-15(17(21)22)9-8-14(16)7-4-10-20-18(23)24-12-13-5-2-1-3-6-13/h1-3,5-6,8-9,11H,10,12,19H2,(H,20,23)(H,21,22). The van der Waals surface area contributed by atoms with Crippen molar-refractivity contribution < 1.29 is 19.4 Å². The Morgan fingerprint density at radius 1 is 1.17 bits per heavy atom. The van der Waals surface area contributed by atoms with Gasteiger partial charge in [0.15, 0.2) is 0 Å². The van der Waals surface area contributed by atoms with Gasteiger partial charge in [-0.25, -0.2) is 9.59 Å². The first-order valence-electron chi connectivity index (χ1n) is 7.12. The van der Waals surface area contributed by atoms with Crippen LogP contribution in [0.4, 0.5) is 10.5 Å². The Balaban J connectivity index is 1.81. The fourth-order valence-electron chi connectivity index (χ4n) is 1.84. The molecule has 0 aliphatic carbocycles. The second-order valence-corrected chi connectivity index (χ2v) is 4.82. The SMILES string of the molecule is Nc1cc(C(=O)O)ccc1C#CCNC(=O)OCc1ccccc1. The number of amides is 1. The molecule has 0 spiro atoms. The Morgan fingerprint density at radius 3 is 2.58 bits per heavy atom. The number of alkyl carbamates (subject to hydrolysis) is 1. The van der Waals surface area contributed by atoms with Gasteiger partial charge >= 0.3 is 12.1 Å². The first kappa shape index (κ1) is 16.9. The summed E-state index contributed by atoms with van der Waals surface area (Å²) in [7, 11) is 0. The Labute approximate surface area is 139 Å².